The number of nitrogens with one attached hydrogen (secondary N) is 3. The number of fused-ring (bicyclic) bond motifs is 1. The molecule has 0 amide bonds. The summed E-state index contributed by atoms with van der Waals surface area (Å²) in [6, 6.07) is 41.0. The van der Waals surface area contributed by atoms with Gasteiger partial charge in [-0.05, 0) is 149 Å². The van der Waals surface area contributed by atoms with Gasteiger partial charge in [-0.3, -0.25) is 0 Å². The maximum Gasteiger partial charge on any atom is 0.0638 e. The molecule has 0 aliphatic heterocycles. The highest BCUT2D eigenvalue weighted by Gasteiger charge is 2.27. The Hall–Kier alpha value is -5.15. The van der Waals surface area contributed by atoms with Crippen LogP contribution in [0.1, 0.15) is 82.2 Å². The summed E-state index contributed by atoms with van der Waals surface area (Å²) in [5.41, 5.74) is 17.0. The van der Waals surface area contributed by atoms with E-state index in [0.717, 1.165) is 11.4 Å². The second-order valence-electron chi connectivity index (χ2n) is 14.5. The molecule has 7 rings (SSSR count). The average Bonchev–Trinajstić information content (AvgIpc) is 3.10. The van der Waals surface area contributed by atoms with Gasteiger partial charge in [-0.25, -0.2) is 0 Å². The Morgan fingerprint density at radius 3 is 1.44 bits per heavy atom. The minimum atomic E-state index is 0.545. The standard InChI is InChI=1S/C47H50N3/c1-30-26-32(3)46(33(4)27-30)49-39-20-16-36(17-21-39)45(37-18-22-40(23-19-37)50-47-34(5)28-31(2)29-35(47)6)43-24-25-44(42-15-11-10-14-41(42)43)48-38-12-8-7-9-13-38/h10-11,14-29,38,48-50H,7-9,12-13H2,1-6H3/q+1. The number of hydrogen-bond donors (Lipinski definition) is 3. The zero-order valence-electron chi connectivity index (χ0n) is 30.5. The van der Waals surface area contributed by atoms with E-state index in [4.69, 9.17) is 0 Å². The van der Waals surface area contributed by atoms with Crippen LogP contribution >= 0.6 is 0 Å². The smallest absolute Gasteiger partial charge is 0.0638 e. The van der Waals surface area contributed by atoms with E-state index in [1.165, 1.54) is 116 Å². The highest BCUT2D eigenvalue weighted by Crippen LogP contribution is 2.40. The topological polar surface area (TPSA) is 36.1 Å². The number of rotatable bonds is 9. The van der Waals surface area contributed by atoms with E-state index in [1.54, 1.807) is 0 Å². The van der Waals surface area contributed by atoms with Crippen molar-refractivity contribution in [2.24, 2.45) is 0 Å². The van der Waals surface area contributed by atoms with Gasteiger partial charge >= 0.3 is 0 Å². The van der Waals surface area contributed by atoms with Gasteiger partial charge in [-0.1, -0.05) is 66.8 Å². The first-order valence-corrected chi connectivity index (χ1v) is 18.3. The molecule has 252 valence electrons. The zero-order valence-corrected chi connectivity index (χ0v) is 30.5. The van der Waals surface area contributed by atoms with Crippen LogP contribution in [0.2, 0.25) is 0 Å². The normalized spacial score (nSPS) is 13.3. The van der Waals surface area contributed by atoms with Crippen LogP contribution in [0, 0.1) is 47.5 Å². The van der Waals surface area contributed by atoms with Crippen molar-refractivity contribution in [3.63, 3.8) is 0 Å². The molecule has 0 radical (unpaired) electrons. The van der Waals surface area contributed by atoms with Gasteiger partial charge in [0.2, 0.25) is 0 Å². The molecule has 0 heterocycles. The molecular formula is C47H50N3+. The predicted octanol–water partition coefficient (Wildman–Crippen LogP) is 12.9. The molecule has 0 bridgehead atoms. The third-order valence-corrected chi connectivity index (χ3v) is 10.4. The lowest BCUT2D eigenvalue weighted by molar-refractivity contribution is 0.463. The number of anilines is 5. The van der Waals surface area contributed by atoms with E-state index in [9.17, 15) is 0 Å². The molecule has 3 nitrogen and oxygen atoms in total. The lowest BCUT2D eigenvalue weighted by atomic mass is 9.82. The summed E-state index contributed by atoms with van der Waals surface area (Å²) in [6.45, 7) is 13.0. The Balaban J connectivity index is 1.27. The molecule has 1 aliphatic rings. The first-order chi connectivity index (χ1) is 24.2. The summed E-state index contributed by atoms with van der Waals surface area (Å²) in [4.78, 5) is 0. The highest BCUT2D eigenvalue weighted by atomic mass is 14.9. The largest absolute Gasteiger partial charge is 0.381 e. The molecule has 3 heteroatoms. The number of hydrogen-bond acceptors (Lipinski definition) is 3. The monoisotopic (exact) mass is 656 g/mol. The van der Waals surface area contributed by atoms with Gasteiger partial charge in [0.05, 0.1) is 28.3 Å². The third kappa shape index (κ3) is 7.09. The van der Waals surface area contributed by atoms with Crippen molar-refractivity contribution in [1.29, 1.82) is 0 Å². The van der Waals surface area contributed by atoms with E-state index in [0.29, 0.717) is 6.04 Å². The summed E-state index contributed by atoms with van der Waals surface area (Å²) in [7, 11) is 0. The van der Waals surface area contributed by atoms with Crippen LogP contribution in [0.15, 0.2) is 109 Å². The minimum Gasteiger partial charge on any atom is -0.381 e. The Morgan fingerprint density at radius 2 is 0.960 bits per heavy atom. The van der Waals surface area contributed by atoms with Gasteiger partial charge in [-0.2, -0.15) is 0 Å². The Kier molecular flexibility index (Phi) is 9.59. The molecule has 0 unspecified atom stereocenters. The molecule has 0 spiro atoms. The summed E-state index contributed by atoms with van der Waals surface area (Å²) in [6.07, 6.45) is 6.48. The number of benzene rings is 6. The second kappa shape index (κ2) is 14.4. The van der Waals surface area contributed by atoms with Crippen LogP contribution in [0.25, 0.3) is 10.8 Å². The fourth-order valence-electron chi connectivity index (χ4n) is 8.07. The number of aryl methyl sites for hydroxylation is 6. The molecule has 3 N–H and O–H groups in total. The molecule has 0 atom stereocenters. The molecule has 1 fully saturated rings. The molecule has 0 saturated heterocycles. The summed E-state index contributed by atoms with van der Waals surface area (Å²) >= 11 is 0. The van der Waals surface area contributed by atoms with Crippen molar-refractivity contribution in [2.75, 3.05) is 16.0 Å². The van der Waals surface area contributed by atoms with Gasteiger partial charge in [-0.15, -0.1) is 0 Å². The van der Waals surface area contributed by atoms with E-state index in [1.807, 2.05) is 0 Å². The second-order valence-corrected chi connectivity index (χ2v) is 14.5. The predicted molar refractivity (Wildman–Crippen MR) is 216 cm³/mol. The van der Waals surface area contributed by atoms with Crippen molar-refractivity contribution in [3.8, 4) is 0 Å². The zero-order chi connectivity index (χ0) is 34.8. The molecule has 6 aromatic rings. The molecule has 1 saturated carbocycles. The summed E-state index contributed by atoms with van der Waals surface area (Å²) in [5, 5.41) is 13.9. The van der Waals surface area contributed by atoms with E-state index in [2.05, 4.69) is 167 Å². The Morgan fingerprint density at radius 1 is 0.500 bits per heavy atom. The van der Waals surface area contributed by atoms with Crippen LogP contribution < -0.4 is 16.0 Å². The average molecular weight is 657 g/mol. The fourth-order valence-corrected chi connectivity index (χ4v) is 8.07. The SMILES string of the molecule is Cc1cc(C)c(Nc2ccc([C+](c3ccc(Nc4c(C)cc(C)cc4C)cc3)c3ccc(NC4CCCCC4)c4ccccc34)cc2)c(C)c1. The molecule has 0 aromatic heterocycles. The van der Waals surface area contributed by atoms with Crippen molar-refractivity contribution in [2.45, 2.75) is 79.7 Å². The van der Waals surface area contributed by atoms with Crippen LogP contribution in [-0.2, 0) is 0 Å². The molecular weight excluding hydrogens is 607 g/mol. The lowest BCUT2D eigenvalue weighted by Gasteiger charge is -2.25. The van der Waals surface area contributed by atoms with Crippen LogP contribution in [0.5, 0.6) is 0 Å². The minimum absolute atomic E-state index is 0.545. The third-order valence-electron chi connectivity index (χ3n) is 10.4. The maximum atomic E-state index is 3.93. The molecule has 1 aliphatic carbocycles. The first kappa shape index (κ1) is 33.4. The molecule has 6 aromatic carbocycles. The van der Waals surface area contributed by atoms with Gasteiger partial charge < -0.3 is 16.0 Å². The van der Waals surface area contributed by atoms with Crippen LogP contribution in [0.4, 0.5) is 28.4 Å². The lowest BCUT2D eigenvalue weighted by Crippen LogP contribution is -2.22. The van der Waals surface area contributed by atoms with Crippen LogP contribution in [0.3, 0.4) is 0 Å². The Labute approximate surface area is 299 Å². The quantitative estimate of drug-likeness (QED) is 0.107. The van der Waals surface area contributed by atoms with E-state index in [-0.39, 0.29) is 0 Å². The van der Waals surface area contributed by atoms with Gasteiger partial charge in [0.25, 0.3) is 0 Å². The van der Waals surface area contributed by atoms with Crippen LogP contribution in [-0.4, -0.2) is 6.04 Å². The van der Waals surface area contributed by atoms with Crippen molar-refractivity contribution in [1.82, 2.24) is 0 Å². The fraction of sp³-hybridized carbons (Fsp3) is 0.255. The summed E-state index contributed by atoms with van der Waals surface area (Å²) in [5.74, 6) is 1.23. The van der Waals surface area contributed by atoms with Gasteiger partial charge in [0, 0.05) is 39.6 Å². The van der Waals surface area contributed by atoms with Crippen molar-refractivity contribution in [3.05, 3.63) is 165 Å². The molecule has 50 heavy (non-hydrogen) atoms. The maximum absolute atomic E-state index is 3.93. The van der Waals surface area contributed by atoms with Crippen molar-refractivity contribution < 1.29 is 0 Å². The van der Waals surface area contributed by atoms with Gasteiger partial charge in [0.1, 0.15) is 0 Å². The summed E-state index contributed by atoms with van der Waals surface area (Å²) < 4.78 is 0. The van der Waals surface area contributed by atoms with Gasteiger partial charge in [0.15, 0.2) is 0 Å². The first-order valence-electron chi connectivity index (χ1n) is 18.3. The Bertz CT molecular complexity index is 1970. The van der Waals surface area contributed by atoms with Crippen molar-refractivity contribution >= 4 is 39.2 Å². The van der Waals surface area contributed by atoms with E-state index < -0.39 is 0 Å². The highest BCUT2D eigenvalue weighted by molar-refractivity contribution is 5.98. The van der Waals surface area contributed by atoms with E-state index >= 15 is 0 Å².